The van der Waals surface area contributed by atoms with Crippen molar-refractivity contribution in [3.8, 4) is 0 Å². The Kier molecular flexibility index (Phi) is 12.5. The van der Waals surface area contributed by atoms with Crippen LogP contribution >= 0.6 is 0 Å². The largest absolute Gasteiger partial charge is 0.460 e. The fourth-order valence-corrected chi connectivity index (χ4v) is 3.20. The van der Waals surface area contributed by atoms with E-state index in [2.05, 4.69) is 10.6 Å². The Bertz CT molecular complexity index is 1070. The number of benzene rings is 2. The first kappa shape index (κ1) is 30.3. The summed E-state index contributed by atoms with van der Waals surface area (Å²) in [6.07, 6.45) is 2.27. The molecule has 2 rings (SSSR count). The average molecular weight is 545 g/mol. The van der Waals surface area contributed by atoms with Gasteiger partial charge in [-0.15, -0.1) is 0 Å². The number of nitro benzene ring substituents is 2. The molecule has 0 atom stereocenters. The molecule has 208 valence electrons. The lowest BCUT2D eigenvalue weighted by Crippen LogP contribution is -2.28. The van der Waals surface area contributed by atoms with Crippen LogP contribution in [0.15, 0.2) is 48.5 Å². The van der Waals surface area contributed by atoms with Crippen LogP contribution in [-0.4, -0.2) is 59.9 Å². The molecule has 2 aromatic carbocycles. The number of unbranched alkanes of at least 4 members (excludes halogenated alkanes) is 2. The van der Waals surface area contributed by atoms with E-state index in [0.717, 1.165) is 0 Å². The van der Waals surface area contributed by atoms with Gasteiger partial charge in [0.15, 0.2) is 0 Å². The smallest absolute Gasteiger partial charge is 0.338 e. The number of nitrogens with zero attached hydrogens (tertiary/aromatic N) is 2. The van der Waals surface area contributed by atoms with Crippen molar-refractivity contribution < 1.29 is 38.5 Å². The lowest BCUT2D eigenvalue weighted by atomic mass is 10.1. The Labute approximate surface area is 223 Å². The third kappa shape index (κ3) is 11.4. The standard InChI is InChI=1S/C25H28N4O10/c30-22(26-14-16-38-24(32)18-6-10-20(11-7-18)28(34)35)4-2-1-3-5-23(31)27-15-17-39-25(33)19-8-12-21(13-9-19)29(36)37/h6-13H,1-5,14-17H2,(H,26,30)(H,27,31). The molecule has 14 heteroatoms. The summed E-state index contributed by atoms with van der Waals surface area (Å²) in [6, 6.07) is 9.96. The molecule has 39 heavy (non-hydrogen) atoms. The minimum Gasteiger partial charge on any atom is -0.460 e. The van der Waals surface area contributed by atoms with E-state index in [1.54, 1.807) is 0 Å². The second-order valence-corrected chi connectivity index (χ2v) is 8.14. The predicted molar refractivity (Wildman–Crippen MR) is 136 cm³/mol. The Morgan fingerprint density at radius 1 is 0.615 bits per heavy atom. The predicted octanol–water partition coefficient (Wildman–Crippen LogP) is 2.70. The van der Waals surface area contributed by atoms with E-state index in [1.807, 2.05) is 0 Å². The summed E-state index contributed by atoms with van der Waals surface area (Å²) in [4.78, 5) is 67.6. The van der Waals surface area contributed by atoms with Gasteiger partial charge in [0.1, 0.15) is 13.2 Å². The number of hydrogen-bond donors (Lipinski definition) is 2. The number of esters is 2. The maximum absolute atomic E-state index is 11.9. The second kappa shape index (κ2) is 16.1. The third-order valence-corrected chi connectivity index (χ3v) is 5.25. The van der Waals surface area contributed by atoms with Crippen molar-refractivity contribution in [3.63, 3.8) is 0 Å². The molecule has 0 radical (unpaired) electrons. The number of hydrogen-bond acceptors (Lipinski definition) is 10. The van der Waals surface area contributed by atoms with Crippen LogP contribution in [0, 0.1) is 20.2 Å². The van der Waals surface area contributed by atoms with E-state index in [4.69, 9.17) is 9.47 Å². The van der Waals surface area contributed by atoms with Crippen molar-refractivity contribution in [1.29, 1.82) is 0 Å². The van der Waals surface area contributed by atoms with Crippen molar-refractivity contribution in [1.82, 2.24) is 10.6 Å². The molecular weight excluding hydrogens is 516 g/mol. The van der Waals surface area contributed by atoms with E-state index in [1.165, 1.54) is 48.5 Å². The monoisotopic (exact) mass is 544 g/mol. The van der Waals surface area contributed by atoms with Crippen molar-refractivity contribution in [3.05, 3.63) is 79.9 Å². The highest BCUT2D eigenvalue weighted by molar-refractivity contribution is 5.90. The van der Waals surface area contributed by atoms with Gasteiger partial charge in [-0.1, -0.05) is 6.42 Å². The fraction of sp³-hybridized carbons (Fsp3) is 0.360. The molecule has 0 spiro atoms. The van der Waals surface area contributed by atoms with Gasteiger partial charge in [-0.2, -0.15) is 0 Å². The summed E-state index contributed by atoms with van der Waals surface area (Å²) < 4.78 is 10.0. The summed E-state index contributed by atoms with van der Waals surface area (Å²) in [7, 11) is 0. The quantitative estimate of drug-likeness (QED) is 0.137. The molecule has 2 aromatic rings. The first-order valence-corrected chi connectivity index (χ1v) is 12.0. The number of nitrogens with one attached hydrogen (secondary N) is 2. The topological polar surface area (TPSA) is 197 Å². The summed E-state index contributed by atoms with van der Waals surface area (Å²) in [5.41, 5.74) is 0.0551. The van der Waals surface area contributed by atoms with Gasteiger partial charge in [-0.05, 0) is 37.1 Å². The molecule has 0 aliphatic heterocycles. The number of amides is 2. The molecule has 2 amide bonds. The number of carbonyl (C=O) groups is 4. The number of rotatable bonds is 16. The van der Waals surface area contributed by atoms with Crippen LogP contribution in [0.5, 0.6) is 0 Å². The summed E-state index contributed by atoms with van der Waals surface area (Å²) in [5, 5.41) is 26.5. The average Bonchev–Trinajstić information content (AvgIpc) is 2.93. The van der Waals surface area contributed by atoms with Gasteiger partial charge in [-0.25, -0.2) is 9.59 Å². The zero-order valence-electron chi connectivity index (χ0n) is 21.0. The molecule has 0 saturated carbocycles. The van der Waals surface area contributed by atoms with Crippen LogP contribution in [0.2, 0.25) is 0 Å². The van der Waals surface area contributed by atoms with Gasteiger partial charge in [0.2, 0.25) is 11.8 Å². The van der Waals surface area contributed by atoms with Gasteiger partial charge in [0.05, 0.1) is 34.1 Å². The van der Waals surface area contributed by atoms with Crippen LogP contribution in [-0.2, 0) is 19.1 Å². The highest BCUT2D eigenvalue weighted by atomic mass is 16.6. The summed E-state index contributed by atoms with van der Waals surface area (Å²) in [5.74, 6) is -1.75. The number of ether oxygens (including phenoxy) is 2. The Morgan fingerprint density at radius 2 is 0.974 bits per heavy atom. The lowest BCUT2D eigenvalue weighted by Gasteiger charge is -2.08. The van der Waals surface area contributed by atoms with Crippen LogP contribution < -0.4 is 10.6 Å². The highest BCUT2D eigenvalue weighted by Crippen LogP contribution is 2.13. The molecule has 0 saturated heterocycles. The second-order valence-electron chi connectivity index (χ2n) is 8.14. The highest BCUT2D eigenvalue weighted by Gasteiger charge is 2.12. The van der Waals surface area contributed by atoms with Crippen molar-refractivity contribution in [2.45, 2.75) is 32.1 Å². The minimum atomic E-state index is -0.653. The first-order valence-electron chi connectivity index (χ1n) is 12.0. The lowest BCUT2D eigenvalue weighted by molar-refractivity contribution is -0.385. The van der Waals surface area contributed by atoms with Gasteiger partial charge in [0.25, 0.3) is 11.4 Å². The zero-order chi connectivity index (χ0) is 28.6. The van der Waals surface area contributed by atoms with Crippen LogP contribution in [0.25, 0.3) is 0 Å². The minimum absolute atomic E-state index is 0.0507. The Balaban J connectivity index is 1.46. The molecule has 0 bridgehead atoms. The van der Waals surface area contributed by atoms with Crippen molar-refractivity contribution in [2.24, 2.45) is 0 Å². The zero-order valence-corrected chi connectivity index (χ0v) is 21.0. The van der Waals surface area contributed by atoms with Gasteiger partial charge < -0.3 is 20.1 Å². The molecule has 0 aromatic heterocycles. The van der Waals surface area contributed by atoms with Gasteiger partial charge >= 0.3 is 11.9 Å². The molecule has 14 nitrogen and oxygen atoms in total. The van der Waals surface area contributed by atoms with Crippen LogP contribution in [0.1, 0.15) is 52.8 Å². The van der Waals surface area contributed by atoms with E-state index < -0.39 is 21.8 Å². The maximum Gasteiger partial charge on any atom is 0.338 e. The van der Waals surface area contributed by atoms with Crippen LogP contribution in [0.4, 0.5) is 11.4 Å². The normalized spacial score (nSPS) is 10.3. The van der Waals surface area contributed by atoms with Crippen molar-refractivity contribution >= 4 is 35.1 Å². The van der Waals surface area contributed by atoms with Crippen LogP contribution in [0.3, 0.4) is 0 Å². The molecule has 0 heterocycles. The molecule has 2 N–H and O–H groups in total. The van der Waals surface area contributed by atoms with Crippen molar-refractivity contribution in [2.75, 3.05) is 26.3 Å². The maximum atomic E-state index is 11.9. The fourth-order valence-electron chi connectivity index (χ4n) is 3.20. The summed E-state index contributed by atoms with van der Waals surface area (Å²) >= 11 is 0. The molecular formula is C25H28N4O10. The van der Waals surface area contributed by atoms with Gasteiger partial charge in [0, 0.05) is 37.1 Å². The third-order valence-electron chi connectivity index (χ3n) is 5.25. The van der Waals surface area contributed by atoms with Gasteiger partial charge in [-0.3, -0.25) is 29.8 Å². The van der Waals surface area contributed by atoms with E-state index in [9.17, 15) is 39.4 Å². The van der Waals surface area contributed by atoms with E-state index in [0.29, 0.717) is 19.3 Å². The molecule has 0 unspecified atom stereocenters. The molecule has 0 aliphatic rings. The number of nitro groups is 2. The number of carbonyl (C=O) groups excluding carboxylic acids is 4. The molecule has 0 aliphatic carbocycles. The van der Waals surface area contributed by atoms with E-state index in [-0.39, 0.29) is 73.5 Å². The first-order chi connectivity index (χ1) is 18.7. The van der Waals surface area contributed by atoms with E-state index >= 15 is 0 Å². The summed E-state index contributed by atoms with van der Waals surface area (Å²) in [6.45, 7) is 0.138. The molecule has 0 fully saturated rings. The SMILES string of the molecule is O=C(CCCCCC(=O)NCCOC(=O)c1ccc([N+](=O)[O-])cc1)NCCOC(=O)c1ccc([N+](=O)[O-])cc1. The number of non-ortho nitro benzene ring substituents is 2. The Hall–Kier alpha value is -4.88. The Morgan fingerprint density at radius 3 is 1.31 bits per heavy atom.